The third-order valence-corrected chi connectivity index (χ3v) is 5.87. The Labute approximate surface area is 177 Å². The molecule has 0 aliphatic carbocycles. The van der Waals surface area contributed by atoms with E-state index in [1.165, 1.54) is 0 Å². The summed E-state index contributed by atoms with van der Waals surface area (Å²) in [5.74, 6) is 1.83. The van der Waals surface area contributed by atoms with E-state index in [2.05, 4.69) is 22.0 Å². The van der Waals surface area contributed by atoms with Crippen molar-refractivity contribution in [1.29, 1.82) is 0 Å². The molecule has 2 atom stereocenters. The lowest BCUT2D eigenvalue weighted by molar-refractivity contribution is -0.0203. The van der Waals surface area contributed by atoms with Crippen LogP contribution in [0.1, 0.15) is 35.4 Å². The van der Waals surface area contributed by atoms with E-state index in [1.54, 1.807) is 19.2 Å². The van der Waals surface area contributed by atoms with Crippen molar-refractivity contribution in [2.75, 3.05) is 7.11 Å². The maximum atomic E-state index is 10.4. The van der Waals surface area contributed by atoms with Crippen molar-refractivity contribution in [3.8, 4) is 17.2 Å². The first-order valence-electron chi connectivity index (χ1n) is 9.38. The van der Waals surface area contributed by atoms with E-state index < -0.39 is 6.23 Å². The van der Waals surface area contributed by atoms with Crippen LogP contribution in [0.3, 0.4) is 0 Å². The summed E-state index contributed by atoms with van der Waals surface area (Å²) >= 11 is 3.57. The second-order valence-electron chi connectivity index (χ2n) is 7.09. The highest BCUT2D eigenvalue weighted by Gasteiger charge is 2.41. The monoisotopic (exact) mass is 450 g/mol. The quantitative estimate of drug-likeness (QED) is 0.579. The van der Waals surface area contributed by atoms with Gasteiger partial charge in [0.2, 0.25) is 6.23 Å². The number of hydrazone groups is 1. The predicted octanol–water partition coefficient (Wildman–Crippen LogP) is 5.41. The van der Waals surface area contributed by atoms with Gasteiger partial charge in [-0.25, -0.2) is 5.01 Å². The van der Waals surface area contributed by atoms with Crippen LogP contribution in [0.2, 0.25) is 0 Å². The number of benzene rings is 3. The van der Waals surface area contributed by atoms with E-state index in [4.69, 9.17) is 14.6 Å². The first-order chi connectivity index (χ1) is 14.1. The molecule has 5 rings (SSSR count). The number of nitrogens with zero attached hydrogens (tertiary/aromatic N) is 2. The number of hydrogen-bond donors (Lipinski definition) is 1. The van der Waals surface area contributed by atoms with Crippen LogP contribution >= 0.6 is 15.9 Å². The highest BCUT2D eigenvalue weighted by molar-refractivity contribution is 9.10. The lowest BCUT2D eigenvalue weighted by Gasteiger charge is -2.38. The van der Waals surface area contributed by atoms with Crippen molar-refractivity contribution >= 4 is 21.6 Å². The van der Waals surface area contributed by atoms with Gasteiger partial charge < -0.3 is 14.6 Å². The zero-order chi connectivity index (χ0) is 20.0. The van der Waals surface area contributed by atoms with E-state index in [1.807, 2.05) is 53.5 Å². The minimum atomic E-state index is -0.495. The average molecular weight is 451 g/mol. The summed E-state index contributed by atoms with van der Waals surface area (Å²) in [7, 11) is 1.66. The molecule has 0 bridgehead atoms. The molecule has 1 N–H and O–H groups in total. The molecule has 146 valence electrons. The third kappa shape index (κ3) is 3.13. The van der Waals surface area contributed by atoms with Crippen molar-refractivity contribution in [3.05, 3.63) is 87.9 Å². The first-order valence-corrected chi connectivity index (χ1v) is 10.2. The van der Waals surface area contributed by atoms with Gasteiger partial charge >= 0.3 is 0 Å². The maximum absolute atomic E-state index is 10.4. The second-order valence-corrected chi connectivity index (χ2v) is 8.00. The summed E-state index contributed by atoms with van der Waals surface area (Å²) < 4.78 is 12.6. The van der Waals surface area contributed by atoms with Crippen molar-refractivity contribution in [2.24, 2.45) is 5.10 Å². The zero-order valence-corrected chi connectivity index (χ0v) is 17.3. The summed E-state index contributed by atoms with van der Waals surface area (Å²) in [5, 5.41) is 17.3. The average Bonchev–Trinajstić information content (AvgIpc) is 3.20. The van der Waals surface area contributed by atoms with Crippen LogP contribution in [-0.4, -0.2) is 22.9 Å². The van der Waals surface area contributed by atoms with E-state index >= 15 is 0 Å². The van der Waals surface area contributed by atoms with Crippen molar-refractivity contribution in [3.63, 3.8) is 0 Å². The molecule has 0 spiro atoms. The largest absolute Gasteiger partial charge is 0.507 e. The van der Waals surface area contributed by atoms with Crippen LogP contribution in [-0.2, 0) is 0 Å². The molecule has 6 heteroatoms. The van der Waals surface area contributed by atoms with Crippen molar-refractivity contribution < 1.29 is 14.6 Å². The van der Waals surface area contributed by atoms with Gasteiger partial charge in [-0.2, -0.15) is 5.10 Å². The van der Waals surface area contributed by atoms with Crippen LogP contribution in [0.5, 0.6) is 17.2 Å². The number of phenols is 1. The number of phenolic OH excluding ortho intramolecular Hbond substituents is 1. The third-order valence-electron chi connectivity index (χ3n) is 5.38. The summed E-state index contributed by atoms with van der Waals surface area (Å²) in [6, 6.07) is 21.2. The van der Waals surface area contributed by atoms with Gasteiger partial charge in [0.1, 0.15) is 17.2 Å². The van der Waals surface area contributed by atoms with Gasteiger partial charge in [-0.15, -0.1) is 0 Å². The minimum Gasteiger partial charge on any atom is -0.507 e. The van der Waals surface area contributed by atoms with Crippen LogP contribution in [0.4, 0.5) is 0 Å². The highest BCUT2D eigenvalue weighted by atomic mass is 79.9. The van der Waals surface area contributed by atoms with E-state index in [-0.39, 0.29) is 11.8 Å². The van der Waals surface area contributed by atoms with E-state index in [0.29, 0.717) is 5.56 Å². The number of para-hydroxylation sites is 1. The molecule has 0 amide bonds. The van der Waals surface area contributed by atoms with Gasteiger partial charge in [0.25, 0.3) is 0 Å². The fourth-order valence-corrected chi connectivity index (χ4v) is 4.30. The van der Waals surface area contributed by atoms with Crippen molar-refractivity contribution in [2.45, 2.75) is 18.7 Å². The molecule has 2 heterocycles. The Morgan fingerprint density at radius 3 is 2.62 bits per heavy atom. The van der Waals surface area contributed by atoms with Crippen LogP contribution in [0.25, 0.3) is 0 Å². The van der Waals surface area contributed by atoms with E-state index in [9.17, 15) is 5.11 Å². The molecule has 3 aromatic rings. The van der Waals surface area contributed by atoms with E-state index in [0.717, 1.165) is 39.2 Å². The number of halogens is 1. The zero-order valence-electron chi connectivity index (χ0n) is 15.7. The normalized spacial score (nSPS) is 19.8. The Kier molecular flexibility index (Phi) is 4.43. The van der Waals surface area contributed by atoms with Crippen LogP contribution < -0.4 is 9.47 Å². The maximum Gasteiger partial charge on any atom is 0.217 e. The second kappa shape index (κ2) is 7.12. The first kappa shape index (κ1) is 18.1. The molecule has 0 radical (unpaired) electrons. The van der Waals surface area contributed by atoms with Gasteiger partial charge in [0, 0.05) is 16.5 Å². The number of aromatic hydroxyl groups is 1. The molecule has 2 aliphatic heterocycles. The lowest BCUT2D eigenvalue weighted by atomic mass is 9.96. The molecule has 2 aliphatic rings. The number of ether oxygens (including phenoxy) is 2. The molecular weight excluding hydrogens is 432 g/mol. The molecule has 0 unspecified atom stereocenters. The Morgan fingerprint density at radius 1 is 1.07 bits per heavy atom. The molecule has 5 nitrogen and oxygen atoms in total. The number of methoxy groups -OCH3 is 1. The molecule has 29 heavy (non-hydrogen) atoms. The summed E-state index contributed by atoms with van der Waals surface area (Å²) in [6.45, 7) is 0. The fraction of sp³-hybridized carbons (Fsp3) is 0.174. The summed E-state index contributed by atoms with van der Waals surface area (Å²) in [4.78, 5) is 0. The van der Waals surface area contributed by atoms with Gasteiger partial charge in [0.05, 0.1) is 24.4 Å². The van der Waals surface area contributed by atoms with Gasteiger partial charge in [-0.1, -0.05) is 28.1 Å². The Morgan fingerprint density at radius 2 is 1.86 bits per heavy atom. The Hall–Kier alpha value is -2.99. The minimum absolute atomic E-state index is 0.0259. The molecule has 0 fully saturated rings. The SMILES string of the molecule is COc1ccc(C2=NN3[C@H](C2)c2cc(Br)ccc2O[C@H]3c2ccccc2O)cc1. The smallest absolute Gasteiger partial charge is 0.217 e. The summed E-state index contributed by atoms with van der Waals surface area (Å²) in [5.41, 5.74) is 3.81. The fourth-order valence-electron chi connectivity index (χ4n) is 3.92. The molecule has 0 saturated heterocycles. The predicted molar refractivity (Wildman–Crippen MR) is 114 cm³/mol. The molecule has 0 aromatic heterocycles. The van der Waals surface area contributed by atoms with Gasteiger partial charge in [-0.05, 0) is 60.2 Å². The Balaban J connectivity index is 1.59. The van der Waals surface area contributed by atoms with Gasteiger partial charge in [-0.3, -0.25) is 0 Å². The Bertz CT molecular complexity index is 1100. The number of rotatable bonds is 3. The van der Waals surface area contributed by atoms with Crippen molar-refractivity contribution in [1.82, 2.24) is 5.01 Å². The van der Waals surface area contributed by atoms with Crippen LogP contribution in [0, 0.1) is 0 Å². The topological polar surface area (TPSA) is 54.3 Å². The number of fused-ring (bicyclic) bond motifs is 3. The highest BCUT2D eigenvalue weighted by Crippen LogP contribution is 2.49. The molecule has 3 aromatic carbocycles. The van der Waals surface area contributed by atoms with Crippen LogP contribution in [0.15, 0.2) is 76.3 Å². The summed E-state index contributed by atoms with van der Waals surface area (Å²) in [6.07, 6.45) is 0.258. The standard InChI is InChI=1S/C23H19BrN2O3/c1-28-16-9-6-14(7-10-16)19-13-20-18-12-15(24)8-11-22(18)29-23(26(20)25-19)17-4-2-3-5-21(17)27/h2-12,20,23,27H,13H2,1H3/t20-,23+/m1/s1. The van der Waals surface area contributed by atoms with Gasteiger partial charge in [0.15, 0.2) is 0 Å². The number of hydrogen-bond acceptors (Lipinski definition) is 5. The molecular formula is C23H19BrN2O3. The molecule has 0 saturated carbocycles. The lowest BCUT2D eigenvalue weighted by Crippen LogP contribution is -2.33.